The summed E-state index contributed by atoms with van der Waals surface area (Å²) in [5.41, 5.74) is 1.88. The molecule has 3 atom stereocenters. The first-order valence-corrected chi connectivity index (χ1v) is 14.6. The number of rotatable bonds is 16. The van der Waals surface area contributed by atoms with Crippen molar-refractivity contribution < 1.29 is 23.9 Å². The van der Waals surface area contributed by atoms with E-state index in [1.165, 1.54) is 0 Å². The third kappa shape index (κ3) is 11.7. The second kappa shape index (κ2) is 17.2. The molecule has 1 heterocycles. The molecule has 1 aliphatic rings. The lowest BCUT2D eigenvalue weighted by molar-refractivity contribution is -0.130. The normalized spacial score (nSPS) is 15.1. The van der Waals surface area contributed by atoms with Gasteiger partial charge in [-0.2, -0.15) is 0 Å². The zero-order chi connectivity index (χ0) is 29.5. The molecule has 222 valence electrons. The number of ether oxygens (including phenoxy) is 1. The summed E-state index contributed by atoms with van der Waals surface area (Å²) in [5, 5.41) is 9.04. The van der Waals surface area contributed by atoms with E-state index in [0.29, 0.717) is 32.2 Å². The Hall–Kier alpha value is -3.72. The number of aldehydes is 1. The highest BCUT2D eigenvalue weighted by atomic mass is 16.5. The lowest BCUT2D eigenvalue weighted by atomic mass is 10.0. The molecule has 0 saturated carbocycles. The number of alkyl carbamates (subject to hydrolysis) is 1. The van der Waals surface area contributed by atoms with Crippen LogP contribution in [0.15, 0.2) is 60.7 Å². The van der Waals surface area contributed by atoms with E-state index >= 15 is 0 Å². The molecule has 9 nitrogen and oxygen atoms in total. The van der Waals surface area contributed by atoms with E-state index in [9.17, 15) is 19.2 Å². The molecule has 2 aromatic carbocycles. The van der Waals surface area contributed by atoms with Gasteiger partial charge in [0.05, 0.1) is 6.04 Å². The molecule has 1 saturated heterocycles. The van der Waals surface area contributed by atoms with Crippen LogP contribution >= 0.6 is 0 Å². The number of carbonyl (C=O) groups is 4. The molecule has 0 spiro atoms. The number of benzene rings is 2. The van der Waals surface area contributed by atoms with Crippen LogP contribution in [0, 0.1) is 5.92 Å². The van der Waals surface area contributed by atoms with Crippen molar-refractivity contribution >= 4 is 24.2 Å². The number of likely N-dealkylation sites (tertiary alicyclic amines) is 1. The predicted octanol–water partition coefficient (Wildman–Crippen LogP) is 3.61. The predicted molar refractivity (Wildman–Crippen MR) is 158 cm³/mol. The fraction of sp³-hybridized carbons (Fsp3) is 0.500. The maximum atomic E-state index is 13.4. The first-order valence-electron chi connectivity index (χ1n) is 14.6. The van der Waals surface area contributed by atoms with Crippen molar-refractivity contribution in [2.45, 2.75) is 77.1 Å². The number of hydrogen-bond donors (Lipinski definition) is 3. The summed E-state index contributed by atoms with van der Waals surface area (Å²) in [4.78, 5) is 52.1. The maximum Gasteiger partial charge on any atom is 0.408 e. The van der Waals surface area contributed by atoms with Crippen LogP contribution < -0.4 is 16.0 Å². The largest absolute Gasteiger partial charge is 0.445 e. The summed E-state index contributed by atoms with van der Waals surface area (Å²) in [6, 6.07) is 17.5. The summed E-state index contributed by atoms with van der Waals surface area (Å²) in [7, 11) is 0. The summed E-state index contributed by atoms with van der Waals surface area (Å²) in [5.74, 6) is -0.0875. The van der Waals surface area contributed by atoms with Crippen LogP contribution in [0.25, 0.3) is 0 Å². The van der Waals surface area contributed by atoms with E-state index < -0.39 is 18.2 Å². The second-order valence-electron chi connectivity index (χ2n) is 11.1. The van der Waals surface area contributed by atoms with Crippen LogP contribution in [-0.2, 0) is 32.1 Å². The molecule has 0 aliphatic carbocycles. The Labute approximate surface area is 243 Å². The zero-order valence-electron chi connectivity index (χ0n) is 24.2. The summed E-state index contributed by atoms with van der Waals surface area (Å²) in [6.07, 6.45) is 3.89. The van der Waals surface area contributed by atoms with Crippen LogP contribution in [0.5, 0.6) is 0 Å². The van der Waals surface area contributed by atoms with E-state index in [4.69, 9.17) is 4.74 Å². The Morgan fingerprint density at radius 1 is 0.927 bits per heavy atom. The molecule has 0 aromatic heterocycles. The van der Waals surface area contributed by atoms with Gasteiger partial charge in [0.15, 0.2) is 0 Å². The summed E-state index contributed by atoms with van der Waals surface area (Å²) < 4.78 is 5.36. The van der Waals surface area contributed by atoms with Crippen molar-refractivity contribution in [3.8, 4) is 0 Å². The zero-order valence-corrected chi connectivity index (χ0v) is 24.2. The molecular formula is C32H44N4O5. The fourth-order valence-corrected chi connectivity index (χ4v) is 4.90. The van der Waals surface area contributed by atoms with Gasteiger partial charge in [-0.1, -0.05) is 74.5 Å². The van der Waals surface area contributed by atoms with Crippen LogP contribution in [0.4, 0.5) is 4.79 Å². The van der Waals surface area contributed by atoms with Gasteiger partial charge in [-0.3, -0.25) is 9.59 Å². The van der Waals surface area contributed by atoms with Gasteiger partial charge in [-0.25, -0.2) is 4.79 Å². The number of nitrogens with one attached hydrogen (secondary N) is 3. The topological polar surface area (TPSA) is 117 Å². The third-order valence-corrected chi connectivity index (χ3v) is 7.12. The van der Waals surface area contributed by atoms with Crippen molar-refractivity contribution in [3.63, 3.8) is 0 Å². The van der Waals surface area contributed by atoms with Gasteiger partial charge in [0.1, 0.15) is 18.9 Å². The molecule has 3 rings (SSSR count). The minimum Gasteiger partial charge on any atom is -0.445 e. The number of carbonyl (C=O) groups excluding carboxylic acids is 4. The highest BCUT2D eigenvalue weighted by Gasteiger charge is 2.26. The molecule has 3 amide bonds. The number of amides is 3. The second-order valence-corrected chi connectivity index (χ2v) is 11.1. The van der Waals surface area contributed by atoms with Crippen molar-refractivity contribution in [1.29, 1.82) is 0 Å². The average Bonchev–Trinajstić information content (AvgIpc) is 3.52. The summed E-state index contributed by atoms with van der Waals surface area (Å²) >= 11 is 0. The molecule has 0 unspecified atom stereocenters. The number of hydrogen-bond acceptors (Lipinski definition) is 6. The molecule has 1 aliphatic heterocycles. The lowest BCUT2D eigenvalue weighted by Gasteiger charge is -2.26. The average molecular weight is 565 g/mol. The van der Waals surface area contributed by atoms with E-state index in [-0.39, 0.29) is 30.4 Å². The molecule has 0 radical (unpaired) electrons. The Morgan fingerprint density at radius 3 is 2.17 bits per heavy atom. The Morgan fingerprint density at radius 2 is 1.56 bits per heavy atom. The van der Waals surface area contributed by atoms with Gasteiger partial charge >= 0.3 is 6.09 Å². The Balaban J connectivity index is 1.60. The Kier molecular flexibility index (Phi) is 13.3. The monoisotopic (exact) mass is 564 g/mol. The maximum absolute atomic E-state index is 13.4. The molecule has 3 N–H and O–H groups in total. The SMILES string of the molecule is CC(C)C[C@H](NC(=O)OCc1ccccc1)C(=O)N[C@H](CN[C@@H](C=O)CCC(=O)N1CCCC1)Cc1ccccc1. The van der Waals surface area contributed by atoms with Gasteiger partial charge < -0.3 is 30.4 Å². The van der Waals surface area contributed by atoms with Crippen LogP contribution in [0.3, 0.4) is 0 Å². The van der Waals surface area contributed by atoms with E-state index in [0.717, 1.165) is 43.3 Å². The van der Waals surface area contributed by atoms with Gasteiger partial charge in [-0.15, -0.1) is 0 Å². The standard InChI is InChI=1S/C32H44N4O5/c1-24(2)19-29(35-32(40)41-23-26-13-7-4-8-14-26)31(39)34-28(20-25-11-5-3-6-12-25)21-33-27(22-37)15-16-30(38)36-17-9-10-18-36/h3-8,11-14,22,24,27-29,33H,9-10,15-21,23H2,1-2H3,(H,34,39)(H,35,40)/t27-,28+,29+/m1/s1. The third-order valence-electron chi connectivity index (χ3n) is 7.12. The first-order chi connectivity index (χ1) is 19.8. The highest BCUT2D eigenvalue weighted by molar-refractivity contribution is 5.86. The smallest absolute Gasteiger partial charge is 0.408 e. The quantitative estimate of drug-likeness (QED) is 0.268. The molecule has 9 heteroatoms. The van der Waals surface area contributed by atoms with Crippen molar-refractivity contribution in [3.05, 3.63) is 71.8 Å². The van der Waals surface area contributed by atoms with Gasteiger partial charge in [0.25, 0.3) is 0 Å². The van der Waals surface area contributed by atoms with Crippen LogP contribution in [0.2, 0.25) is 0 Å². The van der Waals surface area contributed by atoms with Crippen molar-refractivity contribution in [2.75, 3.05) is 19.6 Å². The highest BCUT2D eigenvalue weighted by Crippen LogP contribution is 2.12. The van der Waals surface area contributed by atoms with Gasteiger partial charge in [-0.05, 0) is 49.1 Å². The molecule has 41 heavy (non-hydrogen) atoms. The van der Waals surface area contributed by atoms with Crippen LogP contribution in [0.1, 0.15) is 57.1 Å². The van der Waals surface area contributed by atoms with Gasteiger partial charge in [0, 0.05) is 32.1 Å². The minimum absolute atomic E-state index is 0.0760. The first kappa shape index (κ1) is 31.8. The van der Waals surface area contributed by atoms with Crippen molar-refractivity contribution in [1.82, 2.24) is 20.9 Å². The minimum atomic E-state index is -0.781. The molecular weight excluding hydrogens is 520 g/mol. The molecule has 1 fully saturated rings. The molecule has 0 bridgehead atoms. The van der Waals surface area contributed by atoms with E-state index in [2.05, 4.69) is 16.0 Å². The van der Waals surface area contributed by atoms with Crippen molar-refractivity contribution in [2.24, 2.45) is 5.92 Å². The summed E-state index contributed by atoms with van der Waals surface area (Å²) in [6.45, 7) is 5.98. The molecule has 2 aromatic rings. The number of nitrogens with zero attached hydrogens (tertiary/aromatic N) is 1. The van der Waals surface area contributed by atoms with Gasteiger partial charge in [0.2, 0.25) is 11.8 Å². The van der Waals surface area contributed by atoms with E-state index in [1.54, 1.807) is 0 Å². The lowest BCUT2D eigenvalue weighted by Crippen LogP contribution is -2.53. The Bertz CT molecular complexity index is 1090. The van der Waals surface area contributed by atoms with E-state index in [1.807, 2.05) is 79.4 Å². The van der Waals surface area contributed by atoms with Crippen LogP contribution in [-0.4, -0.2) is 66.9 Å². The fourth-order valence-electron chi connectivity index (χ4n) is 4.90.